The van der Waals surface area contributed by atoms with Crippen molar-refractivity contribution in [2.75, 3.05) is 6.61 Å². The van der Waals surface area contributed by atoms with Gasteiger partial charge in [0.1, 0.15) is 24.4 Å². The SMILES string of the molecule is C[C@@H]1C[C@@H]([C@H](O)C(C)(C)O)O[C@H]2[C@H]1[C@@]1(C)CC[C@@]34C[C@@]35CC[C@H](O[C@@H]3OC[C@@H](O)[C@H](O)[C@H]3O)C(C)(C)[C@@H]5CC[C@H]4[C@]1(C)[C@H]2O. The topological polar surface area (TPSA) is 149 Å². The first kappa shape index (κ1) is 32.2. The van der Waals surface area contributed by atoms with Crippen molar-refractivity contribution in [1.29, 1.82) is 0 Å². The molecule has 44 heavy (non-hydrogen) atoms. The molecular weight excluding hydrogens is 564 g/mol. The van der Waals surface area contributed by atoms with Gasteiger partial charge >= 0.3 is 0 Å². The number of aliphatic hydroxyl groups is 6. The fourth-order valence-corrected chi connectivity index (χ4v) is 13.3. The van der Waals surface area contributed by atoms with E-state index in [1.54, 1.807) is 13.8 Å². The third-order valence-corrected chi connectivity index (χ3v) is 15.6. The largest absolute Gasteiger partial charge is 0.390 e. The molecule has 0 aromatic rings. The molecule has 17 atom stereocenters. The van der Waals surface area contributed by atoms with Crippen LogP contribution in [0.15, 0.2) is 0 Å². The molecule has 6 N–H and O–H groups in total. The summed E-state index contributed by atoms with van der Waals surface area (Å²) in [6, 6.07) is 0. The maximum Gasteiger partial charge on any atom is 0.186 e. The summed E-state index contributed by atoms with van der Waals surface area (Å²) in [5, 5.41) is 64.7. The predicted molar refractivity (Wildman–Crippen MR) is 161 cm³/mol. The van der Waals surface area contributed by atoms with Crippen molar-refractivity contribution in [3.8, 4) is 0 Å². The second-order valence-corrected chi connectivity index (χ2v) is 18.0. The molecule has 2 heterocycles. The van der Waals surface area contributed by atoms with Crippen LogP contribution in [0.5, 0.6) is 0 Å². The molecule has 2 aliphatic heterocycles. The van der Waals surface area contributed by atoms with Gasteiger partial charge in [-0.25, -0.2) is 0 Å². The van der Waals surface area contributed by atoms with Crippen molar-refractivity contribution in [3.05, 3.63) is 0 Å². The number of ether oxygens (including phenoxy) is 3. The van der Waals surface area contributed by atoms with Crippen LogP contribution in [0.4, 0.5) is 0 Å². The summed E-state index contributed by atoms with van der Waals surface area (Å²) in [5.74, 6) is 1.29. The number of hydrogen-bond donors (Lipinski definition) is 6. The Morgan fingerprint density at radius 1 is 0.886 bits per heavy atom. The van der Waals surface area contributed by atoms with E-state index in [4.69, 9.17) is 14.2 Å². The maximum absolute atomic E-state index is 12.4. The Hall–Kier alpha value is -0.360. The van der Waals surface area contributed by atoms with Gasteiger partial charge in [0.15, 0.2) is 6.29 Å². The molecule has 2 saturated heterocycles. The average molecular weight is 623 g/mol. The highest BCUT2D eigenvalue weighted by Crippen LogP contribution is 2.89. The molecule has 7 rings (SSSR count). The Bertz CT molecular complexity index is 1140. The molecule has 5 saturated carbocycles. The summed E-state index contributed by atoms with van der Waals surface area (Å²) in [6.07, 6.45) is 0.795. The van der Waals surface area contributed by atoms with Crippen molar-refractivity contribution in [3.63, 3.8) is 0 Å². The summed E-state index contributed by atoms with van der Waals surface area (Å²) in [7, 11) is 0. The molecule has 0 aromatic heterocycles. The zero-order chi connectivity index (χ0) is 32.0. The molecule has 0 bridgehead atoms. The van der Waals surface area contributed by atoms with Crippen molar-refractivity contribution < 1.29 is 44.8 Å². The highest BCUT2D eigenvalue weighted by atomic mass is 16.7. The third kappa shape index (κ3) is 3.91. The van der Waals surface area contributed by atoms with Crippen LogP contribution in [0.3, 0.4) is 0 Å². The fourth-order valence-electron chi connectivity index (χ4n) is 13.3. The van der Waals surface area contributed by atoms with Crippen molar-refractivity contribution in [2.24, 2.45) is 50.7 Å². The normalized spacial score (nSPS) is 58.6. The first-order chi connectivity index (χ1) is 20.4. The van der Waals surface area contributed by atoms with E-state index in [1.165, 1.54) is 6.42 Å². The predicted octanol–water partition coefficient (Wildman–Crippen LogP) is 2.76. The number of fused-ring (bicyclic) bond motifs is 4. The lowest BCUT2D eigenvalue weighted by molar-refractivity contribution is -0.303. The molecule has 7 fully saturated rings. The quantitative estimate of drug-likeness (QED) is 0.260. The van der Waals surface area contributed by atoms with Gasteiger partial charge in [-0.3, -0.25) is 0 Å². The van der Waals surface area contributed by atoms with E-state index in [1.807, 2.05) is 0 Å². The molecular formula is C35H58O9. The number of rotatable bonds is 4. The van der Waals surface area contributed by atoms with E-state index in [2.05, 4.69) is 34.6 Å². The van der Waals surface area contributed by atoms with Gasteiger partial charge in [-0.1, -0.05) is 34.6 Å². The van der Waals surface area contributed by atoms with E-state index < -0.39 is 48.5 Å². The maximum atomic E-state index is 12.4. The van der Waals surface area contributed by atoms with Crippen molar-refractivity contribution in [1.82, 2.24) is 0 Å². The second-order valence-electron chi connectivity index (χ2n) is 18.0. The lowest BCUT2D eigenvalue weighted by Crippen LogP contribution is -2.61. The van der Waals surface area contributed by atoms with E-state index in [9.17, 15) is 30.6 Å². The average Bonchev–Trinajstić information content (AvgIpc) is 3.58. The second kappa shape index (κ2) is 9.85. The highest BCUT2D eigenvalue weighted by Gasteiger charge is 2.84. The highest BCUT2D eigenvalue weighted by molar-refractivity contribution is 5.33. The van der Waals surface area contributed by atoms with Gasteiger partial charge in [-0.05, 0) is 111 Å². The minimum absolute atomic E-state index is 0.0599. The Kier molecular flexibility index (Phi) is 7.21. The van der Waals surface area contributed by atoms with Crippen LogP contribution in [-0.2, 0) is 14.2 Å². The summed E-state index contributed by atoms with van der Waals surface area (Å²) < 4.78 is 18.7. The van der Waals surface area contributed by atoms with Crippen LogP contribution in [0.2, 0.25) is 0 Å². The van der Waals surface area contributed by atoms with Crippen LogP contribution in [0, 0.1) is 50.7 Å². The van der Waals surface area contributed by atoms with Gasteiger partial charge in [-0.2, -0.15) is 0 Å². The molecule has 5 aliphatic carbocycles. The first-order valence-corrected chi connectivity index (χ1v) is 17.4. The van der Waals surface area contributed by atoms with Crippen molar-refractivity contribution >= 4 is 0 Å². The standard InChI is InChI=1S/C35H58O9/c1-17-14-19(27(39)31(4,5)41)43-26-23(17)32(6)12-13-35-16-34(35)11-10-22(44-29-25(38)24(37)18(36)15-42-29)30(2,3)20(34)8-9-21(35)33(32,7)28(26)40/h17-29,36-41H,8-16H2,1-7H3/t17-,18-,19+,20+,21+,22+,23+,24+,25-,26+,27+,28+,29+,32-,33-,34-,35+/m1/s1. The summed E-state index contributed by atoms with van der Waals surface area (Å²) in [4.78, 5) is 0. The van der Waals surface area contributed by atoms with Crippen LogP contribution in [0.25, 0.3) is 0 Å². The summed E-state index contributed by atoms with van der Waals surface area (Å²) >= 11 is 0. The zero-order valence-electron chi connectivity index (χ0n) is 27.8. The number of hydrogen-bond acceptors (Lipinski definition) is 9. The van der Waals surface area contributed by atoms with Gasteiger partial charge in [0.25, 0.3) is 0 Å². The van der Waals surface area contributed by atoms with Crippen LogP contribution < -0.4 is 0 Å². The Balaban J connectivity index is 1.14. The van der Waals surface area contributed by atoms with Crippen molar-refractivity contribution in [2.45, 2.75) is 161 Å². The van der Waals surface area contributed by atoms with E-state index in [0.717, 1.165) is 38.5 Å². The van der Waals surface area contributed by atoms with Gasteiger partial charge in [-0.15, -0.1) is 0 Å². The third-order valence-electron chi connectivity index (χ3n) is 15.6. The van der Waals surface area contributed by atoms with Gasteiger partial charge in [0.2, 0.25) is 0 Å². The number of aliphatic hydroxyl groups excluding tert-OH is 5. The van der Waals surface area contributed by atoms with Gasteiger partial charge in [0.05, 0.1) is 36.6 Å². The monoisotopic (exact) mass is 622 g/mol. The minimum atomic E-state index is -1.29. The van der Waals surface area contributed by atoms with E-state index in [0.29, 0.717) is 18.3 Å². The first-order valence-electron chi connectivity index (χ1n) is 17.4. The lowest BCUT2D eigenvalue weighted by Gasteiger charge is -2.64. The molecule has 0 aromatic carbocycles. The van der Waals surface area contributed by atoms with Crippen LogP contribution in [0.1, 0.15) is 99.8 Å². The van der Waals surface area contributed by atoms with Gasteiger partial charge in [0, 0.05) is 5.41 Å². The van der Waals surface area contributed by atoms with Crippen LogP contribution in [-0.4, -0.2) is 98.0 Å². The molecule has 252 valence electrons. The Morgan fingerprint density at radius 3 is 2.23 bits per heavy atom. The lowest BCUT2D eigenvalue weighted by atomic mass is 9.41. The van der Waals surface area contributed by atoms with E-state index in [-0.39, 0.29) is 57.7 Å². The molecule has 9 heteroatoms. The van der Waals surface area contributed by atoms with E-state index >= 15 is 0 Å². The summed E-state index contributed by atoms with van der Waals surface area (Å²) in [6.45, 7) is 14.8. The minimum Gasteiger partial charge on any atom is -0.390 e. The Labute approximate surface area is 262 Å². The molecule has 0 amide bonds. The molecule has 7 aliphatic rings. The Morgan fingerprint density at radius 2 is 1.55 bits per heavy atom. The van der Waals surface area contributed by atoms with Crippen LogP contribution >= 0.6 is 0 Å². The van der Waals surface area contributed by atoms with Gasteiger partial charge < -0.3 is 44.8 Å². The fraction of sp³-hybridized carbons (Fsp3) is 1.00. The zero-order valence-corrected chi connectivity index (χ0v) is 27.8. The molecule has 0 radical (unpaired) electrons. The molecule has 0 unspecified atom stereocenters. The summed E-state index contributed by atoms with van der Waals surface area (Å²) in [5.41, 5.74) is -1.46. The molecule has 9 nitrogen and oxygen atoms in total. The smallest absolute Gasteiger partial charge is 0.186 e. The molecule has 2 spiro atoms.